The molecule has 0 heterocycles. The summed E-state index contributed by atoms with van der Waals surface area (Å²) in [7, 11) is -4.06. The lowest BCUT2D eigenvalue weighted by atomic mass is 10.3. The summed E-state index contributed by atoms with van der Waals surface area (Å²) < 4.78 is 36.9. The number of nitrogens with one attached hydrogen (secondary N) is 2. The minimum absolute atomic E-state index is 0.0733. The van der Waals surface area contributed by atoms with Crippen molar-refractivity contribution in [1.29, 1.82) is 0 Å². The van der Waals surface area contributed by atoms with Crippen molar-refractivity contribution in [3.8, 4) is 0 Å². The molecule has 0 unspecified atom stereocenters. The molecular formula is C16H12Cl3FN2O4S. The average molecular weight is 454 g/mol. The molecule has 144 valence electrons. The highest BCUT2D eigenvalue weighted by molar-refractivity contribution is 7.92. The first-order valence-corrected chi connectivity index (χ1v) is 10.2. The zero-order valence-corrected chi connectivity index (χ0v) is 16.5. The number of amides is 2. The molecule has 2 amide bonds. The predicted octanol–water partition coefficient (Wildman–Crippen LogP) is 3.78. The zero-order chi connectivity index (χ0) is 20.2. The van der Waals surface area contributed by atoms with Crippen molar-refractivity contribution in [1.82, 2.24) is 0 Å². The minimum Gasteiger partial charge on any atom is -0.325 e. The molecule has 2 aromatic rings. The maximum atomic E-state index is 12.8. The molecule has 2 aromatic carbocycles. The highest BCUT2D eigenvalue weighted by Gasteiger charge is 2.22. The number of sulfone groups is 1. The average Bonchev–Trinajstić information content (AvgIpc) is 2.53. The van der Waals surface area contributed by atoms with Gasteiger partial charge in [0.05, 0.1) is 20.8 Å². The van der Waals surface area contributed by atoms with Gasteiger partial charge in [0.25, 0.3) is 0 Å². The standard InChI is InChI=1S/C16H12Cl3FN2O4S/c17-11-5-13(19)14(6-12(11)18)22-16(24)8-27(25,26)7-15(23)21-10-3-1-9(20)2-4-10/h1-6H,7-8H2,(H,21,23)(H,22,24). The topological polar surface area (TPSA) is 92.3 Å². The summed E-state index contributed by atoms with van der Waals surface area (Å²) in [4.78, 5) is 23.8. The highest BCUT2D eigenvalue weighted by Crippen LogP contribution is 2.32. The van der Waals surface area contributed by atoms with Crippen molar-refractivity contribution in [3.05, 3.63) is 57.3 Å². The van der Waals surface area contributed by atoms with Crippen LogP contribution < -0.4 is 10.6 Å². The quantitative estimate of drug-likeness (QED) is 0.651. The maximum Gasteiger partial charge on any atom is 0.239 e. The molecule has 0 aromatic heterocycles. The fourth-order valence-corrected chi connectivity index (χ4v) is 3.62. The third-order valence-electron chi connectivity index (χ3n) is 3.11. The molecule has 0 aliphatic carbocycles. The third-order valence-corrected chi connectivity index (χ3v) is 5.55. The third kappa shape index (κ3) is 6.66. The Labute approximate surface area is 169 Å². The Morgan fingerprint density at radius 3 is 1.96 bits per heavy atom. The van der Waals surface area contributed by atoms with Crippen LogP contribution in [0.2, 0.25) is 15.1 Å². The number of hydrogen-bond donors (Lipinski definition) is 2. The van der Waals surface area contributed by atoms with Crippen LogP contribution in [0.3, 0.4) is 0 Å². The zero-order valence-electron chi connectivity index (χ0n) is 13.4. The monoisotopic (exact) mass is 452 g/mol. The number of benzene rings is 2. The van der Waals surface area contributed by atoms with Crippen LogP contribution in [0, 0.1) is 5.82 Å². The van der Waals surface area contributed by atoms with Crippen LogP contribution in [0.4, 0.5) is 15.8 Å². The molecule has 27 heavy (non-hydrogen) atoms. The second-order valence-electron chi connectivity index (χ2n) is 5.38. The van der Waals surface area contributed by atoms with Crippen LogP contribution >= 0.6 is 34.8 Å². The summed E-state index contributed by atoms with van der Waals surface area (Å²) in [6, 6.07) is 7.35. The van der Waals surface area contributed by atoms with Gasteiger partial charge in [-0.15, -0.1) is 0 Å². The van der Waals surface area contributed by atoms with Crippen LogP contribution in [0.25, 0.3) is 0 Å². The van der Waals surface area contributed by atoms with Crippen molar-refractivity contribution in [2.45, 2.75) is 0 Å². The summed E-state index contributed by atoms with van der Waals surface area (Å²) in [5, 5.41) is 4.97. The Morgan fingerprint density at radius 1 is 0.852 bits per heavy atom. The summed E-state index contributed by atoms with van der Waals surface area (Å²) >= 11 is 17.5. The first-order valence-electron chi connectivity index (χ1n) is 7.26. The first kappa shape index (κ1) is 21.4. The van der Waals surface area contributed by atoms with Gasteiger partial charge in [0.15, 0.2) is 9.84 Å². The second kappa shape index (κ2) is 8.88. The van der Waals surface area contributed by atoms with Gasteiger partial charge >= 0.3 is 0 Å². The molecule has 0 saturated carbocycles. The Morgan fingerprint density at radius 2 is 1.37 bits per heavy atom. The summed E-state index contributed by atoms with van der Waals surface area (Å²) in [5.41, 5.74) is 0.311. The molecule has 0 saturated heterocycles. The fourth-order valence-electron chi connectivity index (χ4n) is 1.99. The summed E-state index contributed by atoms with van der Waals surface area (Å²) in [6.07, 6.45) is 0. The van der Waals surface area contributed by atoms with Crippen molar-refractivity contribution >= 4 is 67.8 Å². The number of carbonyl (C=O) groups excluding carboxylic acids is 2. The number of rotatable bonds is 6. The van der Waals surface area contributed by atoms with Gasteiger partial charge in [0, 0.05) is 5.69 Å². The molecular weight excluding hydrogens is 442 g/mol. The lowest BCUT2D eigenvalue weighted by molar-refractivity contribution is -0.114. The molecule has 6 nitrogen and oxygen atoms in total. The number of hydrogen-bond acceptors (Lipinski definition) is 4. The van der Waals surface area contributed by atoms with Gasteiger partial charge in [-0.3, -0.25) is 9.59 Å². The van der Waals surface area contributed by atoms with Gasteiger partial charge in [0.2, 0.25) is 11.8 Å². The Hall–Kier alpha value is -1.87. The number of carbonyl (C=O) groups is 2. The summed E-state index contributed by atoms with van der Waals surface area (Å²) in [6.45, 7) is 0. The fraction of sp³-hybridized carbons (Fsp3) is 0.125. The van der Waals surface area contributed by atoms with E-state index in [1.165, 1.54) is 24.3 Å². The van der Waals surface area contributed by atoms with Gasteiger partial charge in [-0.05, 0) is 36.4 Å². The molecule has 11 heteroatoms. The molecule has 0 atom stereocenters. The van der Waals surface area contributed by atoms with Gasteiger partial charge in [0.1, 0.15) is 17.3 Å². The Kier molecular flexibility index (Phi) is 7.05. The highest BCUT2D eigenvalue weighted by atomic mass is 35.5. The van der Waals surface area contributed by atoms with E-state index >= 15 is 0 Å². The maximum absolute atomic E-state index is 12.8. The van der Waals surface area contributed by atoms with E-state index in [0.717, 1.165) is 12.1 Å². The van der Waals surface area contributed by atoms with Gasteiger partial charge in [-0.2, -0.15) is 0 Å². The van der Waals surface area contributed by atoms with Gasteiger partial charge in [-0.25, -0.2) is 12.8 Å². The lowest BCUT2D eigenvalue weighted by Crippen LogP contribution is -2.30. The second-order valence-corrected chi connectivity index (χ2v) is 8.67. The minimum atomic E-state index is -4.06. The Bertz CT molecular complexity index is 982. The molecule has 0 aliphatic rings. The molecule has 0 spiro atoms. The molecule has 0 fully saturated rings. The van der Waals surface area contributed by atoms with E-state index in [9.17, 15) is 22.4 Å². The van der Waals surface area contributed by atoms with Gasteiger partial charge < -0.3 is 10.6 Å². The molecule has 0 aliphatic heterocycles. The molecule has 0 radical (unpaired) electrons. The van der Waals surface area contributed by atoms with Crippen LogP contribution in [-0.2, 0) is 19.4 Å². The van der Waals surface area contributed by atoms with Crippen molar-refractivity contribution < 1.29 is 22.4 Å². The van der Waals surface area contributed by atoms with E-state index in [0.29, 0.717) is 0 Å². The van der Waals surface area contributed by atoms with E-state index in [1.807, 2.05) is 0 Å². The van der Waals surface area contributed by atoms with Gasteiger partial charge in [-0.1, -0.05) is 34.8 Å². The van der Waals surface area contributed by atoms with E-state index in [1.54, 1.807) is 0 Å². The van der Waals surface area contributed by atoms with Crippen LogP contribution in [0.15, 0.2) is 36.4 Å². The van der Waals surface area contributed by atoms with E-state index in [4.69, 9.17) is 34.8 Å². The lowest BCUT2D eigenvalue weighted by Gasteiger charge is -2.09. The van der Waals surface area contributed by atoms with E-state index < -0.39 is 39.0 Å². The normalized spacial score (nSPS) is 11.1. The number of anilines is 2. The largest absolute Gasteiger partial charge is 0.325 e. The van der Waals surface area contributed by atoms with Crippen molar-refractivity contribution in [2.75, 3.05) is 22.1 Å². The smallest absolute Gasteiger partial charge is 0.239 e. The first-order chi connectivity index (χ1) is 12.6. The van der Waals surface area contributed by atoms with Crippen LogP contribution in [0.1, 0.15) is 0 Å². The SMILES string of the molecule is O=C(CS(=O)(=O)CC(=O)Nc1cc(Cl)c(Cl)cc1Cl)Nc1ccc(F)cc1. The summed E-state index contributed by atoms with van der Waals surface area (Å²) in [5.74, 6) is -4.13. The molecule has 2 N–H and O–H groups in total. The van der Waals surface area contributed by atoms with Crippen LogP contribution in [-0.4, -0.2) is 31.7 Å². The van der Waals surface area contributed by atoms with E-state index in [-0.39, 0.29) is 26.4 Å². The predicted molar refractivity (Wildman–Crippen MR) is 104 cm³/mol. The van der Waals surface area contributed by atoms with Crippen LogP contribution in [0.5, 0.6) is 0 Å². The van der Waals surface area contributed by atoms with E-state index in [2.05, 4.69) is 10.6 Å². The van der Waals surface area contributed by atoms with Crippen molar-refractivity contribution in [3.63, 3.8) is 0 Å². The number of halogens is 4. The molecule has 2 rings (SSSR count). The van der Waals surface area contributed by atoms with Crippen molar-refractivity contribution in [2.24, 2.45) is 0 Å². The Balaban J connectivity index is 1.96. The molecule has 0 bridgehead atoms.